The Kier molecular flexibility index (Phi) is 14.2. The molecule has 1 amide bonds. The summed E-state index contributed by atoms with van der Waals surface area (Å²) >= 11 is 0. The topological polar surface area (TPSA) is 84.5 Å². The van der Waals surface area contributed by atoms with Crippen molar-refractivity contribution in [2.24, 2.45) is 0 Å². The Balaban J connectivity index is 0.00000705. The molecule has 3 aromatic carbocycles. The molecule has 0 aromatic heterocycles. The average molecular weight is 657 g/mol. The standard InChI is InChI=1S/C37H52N2O4S.ClH/c1-23(2)30-18-31(24(3)4)35(32(19-30)25(5)6)20-36(40)39-44(41,42)43-37-33(26(7)8)16-29(17-34(37)27(9)10)22-38-21-28-14-12-11-13-15-28;/h11-19,23-27,38H,20-22H2,1-10H3,(H,39,40);1H. The zero-order valence-corrected chi connectivity index (χ0v) is 30.3. The smallest absolute Gasteiger partial charge is 0.366 e. The molecule has 0 atom stereocenters. The van der Waals surface area contributed by atoms with E-state index in [1.54, 1.807) is 0 Å². The van der Waals surface area contributed by atoms with Crippen LogP contribution in [0.25, 0.3) is 0 Å². The molecule has 0 spiro atoms. The minimum absolute atomic E-state index is 0. The summed E-state index contributed by atoms with van der Waals surface area (Å²) in [6, 6.07) is 18.5. The van der Waals surface area contributed by atoms with E-state index in [4.69, 9.17) is 4.18 Å². The number of halogens is 1. The van der Waals surface area contributed by atoms with Crippen LogP contribution < -0.4 is 14.2 Å². The summed E-state index contributed by atoms with van der Waals surface area (Å²) in [5.74, 6) is 0.417. The molecule has 0 unspecified atom stereocenters. The van der Waals surface area contributed by atoms with Crippen LogP contribution in [-0.4, -0.2) is 14.3 Å². The van der Waals surface area contributed by atoms with Gasteiger partial charge in [0.1, 0.15) is 0 Å². The molecule has 0 fully saturated rings. The van der Waals surface area contributed by atoms with Crippen LogP contribution in [0, 0.1) is 0 Å². The van der Waals surface area contributed by atoms with E-state index in [1.165, 1.54) is 11.1 Å². The molecule has 248 valence electrons. The second kappa shape index (κ2) is 16.6. The highest BCUT2D eigenvalue weighted by Gasteiger charge is 2.26. The molecule has 0 saturated carbocycles. The lowest BCUT2D eigenvalue weighted by Gasteiger charge is -2.23. The van der Waals surface area contributed by atoms with Crippen LogP contribution in [0.15, 0.2) is 54.6 Å². The van der Waals surface area contributed by atoms with Crippen LogP contribution in [0.4, 0.5) is 0 Å². The number of hydrogen-bond acceptors (Lipinski definition) is 5. The largest absolute Gasteiger partial charge is 0.409 e. The van der Waals surface area contributed by atoms with Gasteiger partial charge in [0.05, 0.1) is 6.42 Å². The monoisotopic (exact) mass is 656 g/mol. The molecule has 3 rings (SSSR count). The van der Waals surface area contributed by atoms with Crippen LogP contribution in [0.1, 0.15) is 143 Å². The molecule has 2 N–H and O–H groups in total. The van der Waals surface area contributed by atoms with E-state index in [2.05, 4.69) is 75.8 Å². The Bertz CT molecular complexity index is 1470. The molecule has 45 heavy (non-hydrogen) atoms. The molecule has 3 aromatic rings. The number of carbonyl (C=O) groups is 1. The highest BCUT2D eigenvalue weighted by Crippen LogP contribution is 2.37. The van der Waals surface area contributed by atoms with Gasteiger partial charge in [-0.1, -0.05) is 124 Å². The van der Waals surface area contributed by atoms with Crippen molar-refractivity contribution in [3.05, 3.63) is 99.1 Å². The molecule has 0 heterocycles. The van der Waals surface area contributed by atoms with Gasteiger partial charge in [0.25, 0.3) is 0 Å². The van der Waals surface area contributed by atoms with Crippen molar-refractivity contribution < 1.29 is 17.4 Å². The van der Waals surface area contributed by atoms with Crippen LogP contribution in [0.3, 0.4) is 0 Å². The van der Waals surface area contributed by atoms with Gasteiger partial charge >= 0.3 is 10.3 Å². The molecule has 0 radical (unpaired) electrons. The molecular formula is C37H53ClN2O4S. The predicted molar refractivity (Wildman–Crippen MR) is 189 cm³/mol. The lowest BCUT2D eigenvalue weighted by atomic mass is 9.83. The van der Waals surface area contributed by atoms with E-state index in [0.29, 0.717) is 18.2 Å². The summed E-state index contributed by atoms with van der Waals surface area (Å²) in [6.45, 7) is 22.1. The minimum atomic E-state index is -4.43. The normalized spacial score (nSPS) is 11.9. The quantitative estimate of drug-likeness (QED) is 0.181. The molecule has 0 saturated heterocycles. The van der Waals surface area contributed by atoms with Gasteiger partial charge in [0.15, 0.2) is 5.75 Å². The number of hydrogen-bond donors (Lipinski definition) is 2. The Morgan fingerprint density at radius 1 is 0.667 bits per heavy atom. The third kappa shape index (κ3) is 10.6. The van der Waals surface area contributed by atoms with E-state index >= 15 is 0 Å². The number of nitrogens with one attached hydrogen (secondary N) is 2. The molecule has 8 heteroatoms. The van der Waals surface area contributed by atoms with Gasteiger partial charge in [-0.25, -0.2) is 4.72 Å². The second-order valence-corrected chi connectivity index (χ2v) is 14.7. The Labute approximate surface area is 278 Å². The fourth-order valence-electron chi connectivity index (χ4n) is 5.52. The van der Waals surface area contributed by atoms with Crippen molar-refractivity contribution in [3.63, 3.8) is 0 Å². The molecular weight excluding hydrogens is 604 g/mol. The average Bonchev–Trinajstić information content (AvgIpc) is 2.92. The third-order valence-corrected chi connectivity index (χ3v) is 8.84. The molecule has 0 aliphatic carbocycles. The second-order valence-electron chi connectivity index (χ2n) is 13.4. The maximum absolute atomic E-state index is 13.4. The highest BCUT2D eigenvalue weighted by molar-refractivity contribution is 7.85. The van der Waals surface area contributed by atoms with Crippen LogP contribution >= 0.6 is 12.4 Å². The van der Waals surface area contributed by atoms with Crippen LogP contribution in [0.5, 0.6) is 5.75 Å². The van der Waals surface area contributed by atoms with Crippen molar-refractivity contribution in [2.75, 3.05) is 0 Å². The van der Waals surface area contributed by atoms with Crippen molar-refractivity contribution >= 4 is 28.6 Å². The van der Waals surface area contributed by atoms with Gasteiger partial charge in [-0.15, -0.1) is 12.4 Å². The summed E-state index contributed by atoms with van der Waals surface area (Å²) < 4.78 is 34.7. The number of amides is 1. The minimum Gasteiger partial charge on any atom is -0.366 e. The lowest BCUT2D eigenvalue weighted by Crippen LogP contribution is -2.36. The molecule has 0 bridgehead atoms. The summed E-state index contributed by atoms with van der Waals surface area (Å²) in [7, 11) is -4.43. The summed E-state index contributed by atoms with van der Waals surface area (Å²) in [4.78, 5) is 13.3. The van der Waals surface area contributed by atoms with Gasteiger partial charge in [-0.3, -0.25) is 4.79 Å². The van der Waals surface area contributed by atoms with Gasteiger partial charge in [0, 0.05) is 13.1 Å². The zero-order valence-electron chi connectivity index (χ0n) is 28.7. The van der Waals surface area contributed by atoms with E-state index in [9.17, 15) is 13.2 Å². The lowest BCUT2D eigenvalue weighted by molar-refractivity contribution is -0.118. The maximum Gasteiger partial charge on any atom is 0.409 e. The van der Waals surface area contributed by atoms with Crippen molar-refractivity contribution in [1.82, 2.24) is 10.0 Å². The Morgan fingerprint density at radius 3 is 1.58 bits per heavy atom. The van der Waals surface area contributed by atoms with E-state index < -0.39 is 16.2 Å². The summed E-state index contributed by atoms with van der Waals surface area (Å²) in [5.41, 5.74) is 8.10. The van der Waals surface area contributed by atoms with Crippen LogP contribution in [0.2, 0.25) is 0 Å². The number of benzene rings is 3. The SMILES string of the molecule is CC(C)c1cc(C(C)C)c(CC(=O)NS(=O)(=O)Oc2c(C(C)C)cc(CNCc3ccccc3)cc2C(C)C)c(C(C)C)c1.Cl. The van der Waals surface area contributed by atoms with Gasteiger partial charge in [-0.05, 0) is 74.1 Å². The van der Waals surface area contributed by atoms with Gasteiger partial charge in [-0.2, -0.15) is 8.42 Å². The van der Waals surface area contributed by atoms with Crippen molar-refractivity contribution in [3.8, 4) is 5.75 Å². The van der Waals surface area contributed by atoms with Crippen LogP contribution in [-0.2, 0) is 34.6 Å². The first-order valence-electron chi connectivity index (χ1n) is 15.9. The fraction of sp³-hybridized carbons (Fsp3) is 0.486. The molecule has 0 aliphatic rings. The Hall–Kier alpha value is -2.87. The maximum atomic E-state index is 13.4. The zero-order chi connectivity index (χ0) is 32.8. The molecule has 0 aliphatic heterocycles. The first-order valence-corrected chi connectivity index (χ1v) is 17.3. The van der Waals surface area contributed by atoms with Crippen molar-refractivity contribution in [1.29, 1.82) is 0 Å². The van der Waals surface area contributed by atoms with Gasteiger partial charge < -0.3 is 9.50 Å². The van der Waals surface area contributed by atoms with Crippen molar-refractivity contribution in [2.45, 2.75) is 118 Å². The Morgan fingerprint density at radius 2 is 1.13 bits per heavy atom. The third-order valence-electron chi connectivity index (χ3n) is 7.97. The highest BCUT2D eigenvalue weighted by atomic mass is 35.5. The first-order chi connectivity index (χ1) is 20.6. The predicted octanol–water partition coefficient (Wildman–Crippen LogP) is 9.00. The summed E-state index contributed by atoms with van der Waals surface area (Å²) in [5, 5.41) is 3.49. The van der Waals surface area contributed by atoms with E-state index in [1.807, 2.05) is 58.0 Å². The fourth-order valence-corrected chi connectivity index (χ4v) is 6.32. The van der Waals surface area contributed by atoms with E-state index in [-0.39, 0.29) is 42.5 Å². The number of carbonyl (C=O) groups excluding carboxylic acids is 1. The number of rotatable bonds is 14. The van der Waals surface area contributed by atoms with E-state index in [0.717, 1.165) is 39.9 Å². The first kappa shape index (κ1) is 38.3. The van der Waals surface area contributed by atoms with Gasteiger partial charge in [0.2, 0.25) is 5.91 Å². The summed E-state index contributed by atoms with van der Waals surface area (Å²) in [6.07, 6.45) is -0.0396. The molecule has 6 nitrogen and oxygen atoms in total.